The van der Waals surface area contributed by atoms with Gasteiger partial charge in [-0.05, 0) is 18.2 Å². The number of nitrogens with two attached hydrogens (primary N) is 1. The molecule has 106 valence electrons. The van der Waals surface area contributed by atoms with Gasteiger partial charge in [-0.2, -0.15) is 0 Å². The van der Waals surface area contributed by atoms with Gasteiger partial charge in [-0.3, -0.25) is 4.79 Å². The van der Waals surface area contributed by atoms with Crippen molar-refractivity contribution < 1.29 is 15.0 Å². The third kappa shape index (κ3) is 2.28. The Bertz CT molecular complexity index is 593. The predicted molar refractivity (Wildman–Crippen MR) is 77.2 cm³/mol. The first kappa shape index (κ1) is 14.1. The Morgan fingerprint density at radius 1 is 1.35 bits per heavy atom. The number of benzene rings is 1. The van der Waals surface area contributed by atoms with Crippen LogP contribution in [0.3, 0.4) is 0 Å². The van der Waals surface area contributed by atoms with E-state index in [0.29, 0.717) is 5.56 Å². The maximum absolute atomic E-state index is 11.6. The van der Waals surface area contributed by atoms with E-state index in [9.17, 15) is 15.0 Å². The molecule has 1 aliphatic rings. The largest absolute Gasteiger partial charge is 0.508 e. The third-order valence-electron chi connectivity index (χ3n) is 3.43. The summed E-state index contributed by atoms with van der Waals surface area (Å²) in [5, 5.41) is 20.6. The van der Waals surface area contributed by atoms with Crippen LogP contribution in [0.15, 0.2) is 48.3 Å². The number of carbonyl (C=O) groups excluding carboxylic acids is 1. The lowest BCUT2D eigenvalue weighted by molar-refractivity contribution is -0.126. The molecule has 5 nitrogen and oxygen atoms in total. The second kappa shape index (κ2) is 5.02. The molecule has 1 aromatic rings. The average Bonchev–Trinajstić information content (AvgIpc) is 2.38. The summed E-state index contributed by atoms with van der Waals surface area (Å²) in [6.45, 7) is 0. The summed E-state index contributed by atoms with van der Waals surface area (Å²) in [6, 6.07) is 7.15. The van der Waals surface area contributed by atoms with Crippen molar-refractivity contribution in [1.82, 2.24) is 0 Å². The number of allylic oxidation sites excluding steroid dienone is 1. The number of amides is 1. The molecule has 0 aliphatic heterocycles. The van der Waals surface area contributed by atoms with Crippen molar-refractivity contribution in [2.45, 2.75) is 5.60 Å². The standard InChI is InChI=1S/C15H18N2O3/c1-17(2)13-6-4-3-5-11(13)15(20)9-10(18)7-8-12(15)14(16)19/h3-9,12,18,20H,1-2H3,(H2,16,19). The summed E-state index contributed by atoms with van der Waals surface area (Å²) in [5.41, 5.74) is 4.98. The molecule has 2 atom stereocenters. The molecule has 0 fully saturated rings. The zero-order valence-corrected chi connectivity index (χ0v) is 11.4. The van der Waals surface area contributed by atoms with Crippen LogP contribution in [0, 0.1) is 5.92 Å². The lowest BCUT2D eigenvalue weighted by Gasteiger charge is -2.35. The SMILES string of the molecule is CN(C)c1ccccc1C1(O)C=C(O)C=CC1C(N)=O. The fourth-order valence-electron chi connectivity index (χ4n) is 2.46. The van der Waals surface area contributed by atoms with Gasteiger partial charge in [0.25, 0.3) is 0 Å². The van der Waals surface area contributed by atoms with Crippen molar-refractivity contribution in [3.05, 3.63) is 53.8 Å². The van der Waals surface area contributed by atoms with Crippen LogP contribution in [0.5, 0.6) is 0 Å². The smallest absolute Gasteiger partial charge is 0.227 e. The molecule has 20 heavy (non-hydrogen) atoms. The number of para-hydroxylation sites is 1. The van der Waals surface area contributed by atoms with Crippen molar-refractivity contribution in [3.63, 3.8) is 0 Å². The normalized spacial score (nSPS) is 25.1. The minimum Gasteiger partial charge on any atom is -0.508 e. The summed E-state index contributed by atoms with van der Waals surface area (Å²) < 4.78 is 0. The summed E-state index contributed by atoms with van der Waals surface area (Å²) in [4.78, 5) is 13.4. The van der Waals surface area contributed by atoms with E-state index in [1.165, 1.54) is 18.2 Å². The van der Waals surface area contributed by atoms with E-state index in [1.54, 1.807) is 12.1 Å². The van der Waals surface area contributed by atoms with Crippen LogP contribution in [0.25, 0.3) is 0 Å². The number of carbonyl (C=O) groups is 1. The number of hydrogen-bond donors (Lipinski definition) is 3. The van der Waals surface area contributed by atoms with Gasteiger partial charge in [0.05, 0.1) is 5.92 Å². The van der Waals surface area contributed by atoms with Crippen LogP contribution >= 0.6 is 0 Å². The van der Waals surface area contributed by atoms with Crippen molar-refractivity contribution in [3.8, 4) is 0 Å². The highest BCUT2D eigenvalue weighted by atomic mass is 16.3. The zero-order chi connectivity index (χ0) is 14.9. The third-order valence-corrected chi connectivity index (χ3v) is 3.43. The van der Waals surface area contributed by atoms with Crippen LogP contribution in [0.4, 0.5) is 5.69 Å². The predicted octanol–water partition coefficient (Wildman–Crippen LogP) is 1.05. The van der Waals surface area contributed by atoms with Crippen molar-refractivity contribution in [1.29, 1.82) is 0 Å². The molecular formula is C15H18N2O3. The van der Waals surface area contributed by atoms with Crippen LogP contribution < -0.4 is 10.6 Å². The number of aliphatic hydroxyl groups is 2. The fourth-order valence-corrected chi connectivity index (χ4v) is 2.46. The lowest BCUT2D eigenvalue weighted by Crippen LogP contribution is -2.42. The first-order chi connectivity index (χ1) is 9.36. The van der Waals surface area contributed by atoms with Gasteiger partial charge < -0.3 is 20.8 Å². The average molecular weight is 274 g/mol. The Morgan fingerprint density at radius 3 is 2.60 bits per heavy atom. The highest BCUT2D eigenvalue weighted by Crippen LogP contribution is 2.40. The Balaban J connectivity index is 2.63. The summed E-state index contributed by atoms with van der Waals surface area (Å²) in [6.07, 6.45) is 4.04. The molecular weight excluding hydrogens is 256 g/mol. The Morgan fingerprint density at radius 2 is 2.00 bits per heavy atom. The van der Waals surface area contributed by atoms with E-state index in [-0.39, 0.29) is 5.76 Å². The topological polar surface area (TPSA) is 86.8 Å². The molecule has 1 aromatic carbocycles. The van der Waals surface area contributed by atoms with E-state index >= 15 is 0 Å². The van der Waals surface area contributed by atoms with Gasteiger partial charge in [0.1, 0.15) is 11.4 Å². The molecule has 1 amide bonds. The quantitative estimate of drug-likeness (QED) is 0.769. The van der Waals surface area contributed by atoms with Crippen molar-refractivity contribution in [2.75, 3.05) is 19.0 Å². The molecule has 2 rings (SSSR count). The van der Waals surface area contributed by atoms with Gasteiger partial charge in [0.2, 0.25) is 5.91 Å². The highest BCUT2D eigenvalue weighted by Gasteiger charge is 2.42. The molecule has 0 radical (unpaired) electrons. The Labute approximate surface area is 117 Å². The van der Waals surface area contributed by atoms with E-state index in [1.807, 2.05) is 31.1 Å². The van der Waals surface area contributed by atoms with Gasteiger partial charge in [-0.15, -0.1) is 0 Å². The minimum atomic E-state index is -1.66. The highest BCUT2D eigenvalue weighted by molar-refractivity contribution is 5.82. The van der Waals surface area contributed by atoms with Crippen LogP contribution in [0.2, 0.25) is 0 Å². The Kier molecular flexibility index (Phi) is 3.55. The molecule has 0 bridgehead atoms. The molecule has 5 heteroatoms. The summed E-state index contributed by atoms with van der Waals surface area (Å²) in [7, 11) is 3.67. The van der Waals surface area contributed by atoms with E-state index in [4.69, 9.17) is 5.73 Å². The van der Waals surface area contributed by atoms with Crippen molar-refractivity contribution in [2.24, 2.45) is 11.7 Å². The van der Waals surface area contributed by atoms with Gasteiger partial charge in [0.15, 0.2) is 0 Å². The second-order valence-corrected chi connectivity index (χ2v) is 5.05. The lowest BCUT2D eigenvalue weighted by atomic mass is 9.77. The summed E-state index contributed by atoms with van der Waals surface area (Å²) >= 11 is 0. The monoisotopic (exact) mass is 274 g/mol. The number of rotatable bonds is 3. The maximum Gasteiger partial charge on any atom is 0.227 e. The molecule has 0 heterocycles. The fraction of sp³-hybridized carbons (Fsp3) is 0.267. The molecule has 0 saturated carbocycles. The van der Waals surface area contributed by atoms with Gasteiger partial charge in [-0.25, -0.2) is 0 Å². The molecule has 0 spiro atoms. The number of hydrogen-bond acceptors (Lipinski definition) is 4. The zero-order valence-electron chi connectivity index (χ0n) is 11.4. The molecule has 1 aliphatic carbocycles. The van der Waals surface area contributed by atoms with Crippen LogP contribution in [0.1, 0.15) is 5.56 Å². The minimum absolute atomic E-state index is 0.0986. The van der Waals surface area contributed by atoms with E-state index in [0.717, 1.165) is 5.69 Å². The molecule has 0 aromatic heterocycles. The molecule has 0 saturated heterocycles. The van der Waals surface area contributed by atoms with Gasteiger partial charge in [-0.1, -0.05) is 24.3 Å². The number of aliphatic hydroxyl groups excluding tert-OH is 1. The van der Waals surface area contributed by atoms with Gasteiger partial charge >= 0.3 is 0 Å². The van der Waals surface area contributed by atoms with E-state index in [2.05, 4.69) is 0 Å². The first-order valence-electron chi connectivity index (χ1n) is 6.25. The number of anilines is 1. The Hall–Kier alpha value is -2.27. The van der Waals surface area contributed by atoms with Crippen molar-refractivity contribution >= 4 is 11.6 Å². The van der Waals surface area contributed by atoms with Crippen LogP contribution in [-0.2, 0) is 10.4 Å². The van der Waals surface area contributed by atoms with Gasteiger partial charge in [0, 0.05) is 25.3 Å². The number of nitrogens with zero attached hydrogens (tertiary/aromatic N) is 1. The first-order valence-corrected chi connectivity index (χ1v) is 6.25. The summed E-state index contributed by atoms with van der Waals surface area (Å²) in [5.74, 6) is -1.68. The van der Waals surface area contributed by atoms with E-state index < -0.39 is 17.4 Å². The maximum atomic E-state index is 11.6. The number of primary amides is 1. The molecule has 2 unspecified atom stereocenters. The van der Waals surface area contributed by atoms with Crippen LogP contribution in [-0.4, -0.2) is 30.2 Å². The molecule has 4 N–H and O–H groups in total. The second-order valence-electron chi connectivity index (χ2n) is 5.05.